The van der Waals surface area contributed by atoms with Crippen molar-refractivity contribution in [1.29, 1.82) is 0 Å². The number of anilines is 5. The molecule has 0 spiro atoms. The maximum absolute atomic E-state index is 12.8. The van der Waals surface area contributed by atoms with E-state index in [1.165, 1.54) is 28.5 Å². The van der Waals surface area contributed by atoms with E-state index in [1.807, 2.05) is 83.1 Å². The SMILES string of the molecule is Cc1ccc(Nc2nc(Nc3ccc(C)cc3)nc(SCC(=O)Nc3c(C)cc(C)cc3C)n2)cc1. The molecule has 4 aromatic rings. The number of carbonyl (C=O) groups excluding carboxylic acids is 1. The van der Waals surface area contributed by atoms with Crippen molar-refractivity contribution >= 4 is 46.6 Å². The van der Waals surface area contributed by atoms with Gasteiger partial charge in [-0.3, -0.25) is 4.79 Å². The number of hydrogen-bond donors (Lipinski definition) is 3. The van der Waals surface area contributed by atoms with Gasteiger partial charge in [0.25, 0.3) is 0 Å². The normalized spacial score (nSPS) is 10.7. The largest absolute Gasteiger partial charge is 0.325 e. The Morgan fingerprint density at radius 3 is 1.64 bits per heavy atom. The van der Waals surface area contributed by atoms with E-state index >= 15 is 0 Å². The molecule has 0 radical (unpaired) electrons. The first-order valence-corrected chi connectivity index (χ1v) is 12.7. The molecule has 0 fully saturated rings. The Kier molecular flexibility index (Phi) is 7.85. The predicted molar refractivity (Wildman–Crippen MR) is 149 cm³/mol. The highest BCUT2D eigenvalue weighted by molar-refractivity contribution is 7.99. The van der Waals surface area contributed by atoms with E-state index in [-0.39, 0.29) is 11.7 Å². The van der Waals surface area contributed by atoms with Crippen LogP contribution in [0.3, 0.4) is 0 Å². The van der Waals surface area contributed by atoms with Crippen LogP contribution in [-0.2, 0) is 4.79 Å². The number of nitrogens with one attached hydrogen (secondary N) is 3. The number of hydrogen-bond acceptors (Lipinski definition) is 7. The van der Waals surface area contributed by atoms with Crippen molar-refractivity contribution < 1.29 is 4.79 Å². The number of aromatic nitrogens is 3. The zero-order valence-electron chi connectivity index (χ0n) is 21.1. The molecule has 3 N–H and O–H groups in total. The van der Waals surface area contributed by atoms with Gasteiger partial charge < -0.3 is 16.0 Å². The summed E-state index contributed by atoms with van der Waals surface area (Å²) in [5.41, 5.74) is 8.17. The Bertz CT molecular complexity index is 1280. The number of nitrogens with zero attached hydrogens (tertiary/aromatic N) is 3. The first-order valence-electron chi connectivity index (χ1n) is 11.7. The lowest BCUT2D eigenvalue weighted by molar-refractivity contribution is -0.113. The third-order valence-corrected chi connectivity index (χ3v) is 6.35. The molecule has 8 heteroatoms. The topological polar surface area (TPSA) is 91.8 Å². The Hall–Kier alpha value is -3.91. The molecular weight excluding hydrogens is 468 g/mol. The molecule has 36 heavy (non-hydrogen) atoms. The number of rotatable bonds is 8. The van der Waals surface area contributed by atoms with Crippen molar-refractivity contribution in [2.75, 3.05) is 21.7 Å². The smallest absolute Gasteiger partial charge is 0.234 e. The lowest BCUT2D eigenvalue weighted by atomic mass is 10.1. The van der Waals surface area contributed by atoms with Crippen LogP contribution in [0.4, 0.5) is 29.0 Å². The number of amides is 1. The van der Waals surface area contributed by atoms with Crippen molar-refractivity contribution in [1.82, 2.24) is 15.0 Å². The van der Waals surface area contributed by atoms with Gasteiger partial charge in [0.2, 0.25) is 17.8 Å². The molecule has 1 heterocycles. The summed E-state index contributed by atoms with van der Waals surface area (Å²) in [6, 6.07) is 20.1. The molecule has 1 amide bonds. The number of carbonyl (C=O) groups is 1. The fraction of sp³-hybridized carbons (Fsp3) is 0.214. The van der Waals surface area contributed by atoms with Gasteiger partial charge in [-0.25, -0.2) is 0 Å². The van der Waals surface area contributed by atoms with Crippen LogP contribution in [0.15, 0.2) is 65.8 Å². The van der Waals surface area contributed by atoms with Gasteiger partial charge in [0, 0.05) is 17.1 Å². The molecule has 0 aliphatic heterocycles. The summed E-state index contributed by atoms with van der Waals surface area (Å²) in [7, 11) is 0. The highest BCUT2D eigenvalue weighted by atomic mass is 32.2. The second-order valence-corrected chi connectivity index (χ2v) is 9.80. The predicted octanol–water partition coefficient (Wildman–Crippen LogP) is 6.63. The van der Waals surface area contributed by atoms with Crippen molar-refractivity contribution in [3.63, 3.8) is 0 Å². The zero-order chi connectivity index (χ0) is 25.7. The summed E-state index contributed by atoms with van der Waals surface area (Å²) in [6.45, 7) is 10.1. The van der Waals surface area contributed by atoms with Gasteiger partial charge >= 0.3 is 0 Å². The molecule has 0 saturated carbocycles. The second kappa shape index (κ2) is 11.2. The quantitative estimate of drug-likeness (QED) is 0.235. The molecule has 1 aromatic heterocycles. The average molecular weight is 499 g/mol. The Morgan fingerprint density at radius 1 is 0.694 bits per heavy atom. The fourth-order valence-electron chi connectivity index (χ4n) is 3.75. The molecule has 0 bridgehead atoms. The van der Waals surface area contributed by atoms with Crippen molar-refractivity contribution in [3.8, 4) is 0 Å². The molecule has 3 aromatic carbocycles. The van der Waals surface area contributed by atoms with E-state index in [0.29, 0.717) is 17.1 Å². The van der Waals surface area contributed by atoms with Gasteiger partial charge in [0.1, 0.15) is 0 Å². The van der Waals surface area contributed by atoms with E-state index < -0.39 is 0 Å². The van der Waals surface area contributed by atoms with Crippen LogP contribution in [0, 0.1) is 34.6 Å². The average Bonchev–Trinajstić information content (AvgIpc) is 2.83. The van der Waals surface area contributed by atoms with E-state index in [2.05, 4.69) is 43.0 Å². The van der Waals surface area contributed by atoms with Crippen LogP contribution in [-0.4, -0.2) is 26.6 Å². The molecular formula is C28H30N6OS. The Balaban J connectivity index is 1.52. The number of aryl methyl sites for hydroxylation is 5. The first kappa shape index (κ1) is 25.2. The Morgan fingerprint density at radius 2 is 1.17 bits per heavy atom. The first-order chi connectivity index (χ1) is 17.2. The van der Waals surface area contributed by atoms with Gasteiger partial charge in [-0.1, -0.05) is 64.9 Å². The molecule has 0 atom stereocenters. The number of thioether (sulfide) groups is 1. The monoisotopic (exact) mass is 498 g/mol. The lowest BCUT2D eigenvalue weighted by Gasteiger charge is -2.13. The van der Waals surface area contributed by atoms with E-state index in [1.54, 1.807) is 0 Å². The summed E-state index contributed by atoms with van der Waals surface area (Å²) in [4.78, 5) is 26.4. The van der Waals surface area contributed by atoms with Gasteiger partial charge in [-0.2, -0.15) is 15.0 Å². The van der Waals surface area contributed by atoms with Crippen molar-refractivity contribution in [3.05, 3.63) is 88.5 Å². The zero-order valence-corrected chi connectivity index (χ0v) is 22.0. The maximum atomic E-state index is 12.8. The van der Waals surface area contributed by atoms with E-state index in [4.69, 9.17) is 0 Å². The summed E-state index contributed by atoms with van der Waals surface area (Å²) >= 11 is 1.26. The number of benzene rings is 3. The highest BCUT2D eigenvalue weighted by Crippen LogP contribution is 2.24. The standard InChI is InChI=1S/C28H30N6OS/c1-17-6-10-22(11-7-17)29-26-32-27(30-23-12-8-18(2)9-13-23)34-28(33-26)36-16-24(35)31-25-20(4)14-19(3)15-21(25)5/h6-15H,16H2,1-5H3,(H,31,35)(H2,29,30,32,33,34). The lowest BCUT2D eigenvalue weighted by Crippen LogP contribution is -2.16. The van der Waals surface area contributed by atoms with Crippen LogP contribution in [0.1, 0.15) is 27.8 Å². The molecule has 0 aliphatic rings. The molecule has 4 rings (SSSR count). The van der Waals surface area contributed by atoms with Gasteiger partial charge in [0.05, 0.1) is 5.75 Å². The fourth-order valence-corrected chi connectivity index (χ4v) is 4.38. The van der Waals surface area contributed by atoms with Gasteiger partial charge in [-0.05, 0) is 70.0 Å². The summed E-state index contributed by atoms with van der Waals surface area (Å²) in [5, 5.41) is 9.96. The van der Waals surface area contributed by atoms with Crippen LogP contribution < -0.4 is 16.0 Å². The minimum Gasteiger partial charge on any atom is -0.325 e. The molecule has 0 saturated heterocycles. The molecule has 0 unspecified atom stereocenters. The maximum Gasteiger partial charge on any atom is 0.234 e. The van der Waals surface area contributed by atoms with Crippen LogP contribution in [0.2, 0.25) is 0 Å². The molecule has 7 nitrogen and oxygen atoms in total. The van der Waals surface area contributed by atoms with E-state index in [9.17, 15) is 4.79 Å². The van der Waals surface area contributed by atoms with Crippen molar-refractivity contribution in [2.24, 2.45) is 0 Å². The van der Waals surface area contributed by atoms with Gasteiger partial charge in [0.15, 0.2) is 5.16 Å². The minimum atomic E-state index is -0.114. The minimum absolute atomic E-state index is 0.114. The van der Waals surface area contributed by atoms with Crippen molar-refractivity contribution in [2.45, 2.75) is 39.8 Å². The van der Waals surface area contributed by atoms with Crippen LogP contribution >= 0.6 is 11.8 Å². The third kappa shape index (κ3) is 6.82. The third-order valence-electron chi connectivity index (χ3n) is 5.50. The van der Waals surface area contributed by atoms with Crippen LogP contribution in [0.5, 0.6) is 0 Å². The van der Waals surface area contributed by atoms with Gasteiger partial charge in [-0.15, -0.1) is 0 Å². The molecule has 0 aliphatic carbocycles. The Labute approximate surface area is 216 Å². The summed E-state index contributed by atoms with van der Waals surface area (Å²) in [6.07, 6.45) is 0. The second-order valence-electron chi connectivity index (χ2n) is 8.86. The summed E-state index contributed by atoms with van der Waals surface area (Å²) in [5.74, 6) is 0.856. The summed E-state index contributed by atoms with van der Waals surface area (Å²) < 4.78 is 0. The molecule has 184 valence electrons. The van der Waals surface area contributed by atoms with E-state index in [0.717, 1.165) is 28.2 Å². The highest BCUT2D eigenvalue weighted by Gasteiger charge is 2.13. The van der Waals surface area contributed by atoms with Crippen LogP contribution in [0.25, 0.3) is 0 Å².